The second-order valence-electron chi connectivity index (χ2n) is 1.76. The highest BCUT2D eigenvalue weighted by Crippen LogP contribution is 2.06. The molecule has 9 heavy (non-hydrogen) atoms. The molecule has 0 aromatic carbocycles. The number of carbonyl (C=O) groups is 1. The molecule has 0 saturated carbocycles. The Morgan fingerprint density at radius 1 is 1.78 bits per heavy atom. The lowest BCUT2D eigenvalue weighted by atomic mass is 10.2. The Morgan fingerprint density at radius 3 is 3.00 bits per heavy atom. The van der Waals surface area contributed by atoms with Crippen molar-refractivity contribution < 1.29 is 9.53 Å². The van der Waals surface area contributed by atoms with Crippen molar-refractivity contribution in [3.8, 4) is 0 Å². The van der Waals surface area contributed by atoms with E-state index < -0.39 is 0 Å². The molecule has 48 valence electrons. The summed E-state index contributed by atoms with van der Waals surface area (Å²) in [7, 11) is 0. The van der Waals surface area contributed by atoms with E-state index >= 15 is 0 Å². The Hall–Kier alpha value is -1.05. The fraction of sp³-hybridized carbons (Fsp3) is 0.286. The van der Waals surface area contributed by atoms with E-state index in [1.165, 1.54) is 0 Å². The van der Waals surface area contributed by atoms with Gasteiger partial charge in [-0.15, -0.1) is 0 Å². The quantitative estimate of drug-likeness (QED) is 0.488. The molecule has 1 aliphatic rings. The zero-order valence-electron chi connectivity index (χ0n) is 5.26. The van der Waals surface area contributed by atoms with E-state index in [1.54, 1.807) is 12.2 Å². The van der Waals surface area contributed by atoms with Crippen molar-refractivity contribution in [1.82, 2.24) is 0 Å². The minimum atomic E-state index is -0.215. The molecule has 2 nitrogen and oxygen atoms in total. The summed E-state index contributed by atoms with van der Waals surface area (Å²) < 4.78 is 4.64. The van der Waals surface area contributed by atoms with Gasteiger partial charge in [0.05, 0.1) is 5.57 Å². The van der Waals surface area contributed by atoms with Gasteiger partial charge in [-0.1, -0.05) is 12.2 Å². The van der Waals surface area contributed by atoms with Crippen LogP contribution in [-0.4, -0.2) is 12.6 Å². The summed E-state index contributed by atoms with van der Waals surface area (Å²) in [4.78, 5) is 10.6. The summed E-state index contributed by atoms with van der Waals surface area (Å²) in [6.45, 7) is 2.30. The second-order valence-corrected chi connectivity index (χ2v) is 1.76. The first-order chi connectivity index (χ1) is 4.34. The molecular weight excluding hydrogens is 116 g/mol. The molecule has 0 saturated heterocycles. The first-order valence-corrected chi connectivity index (χ1v) is 2.84. The topological polar surface area (TPSA) is 26.3 Å². The molecule has 0 atom stereocenters. The SMILES string of the molecule is CC=CC1=CCOC1=O. The fourth-order valence-corrected chi connectivity index (χ4v) is 0.689. The van der Waals surface area contributed by atoms with Crippen LogP contribution in [0.2, 0.25) is 0 Å². The third kappa shape index (κ3) is 1.19. The molecule has 0 aromatic heterocycles. The number of rotatable bonds is 1. The van der Waals surface area contributed by atoms with Crippen LogP contribution in [-0.2, 0) is 9.53 Å². The van der Waals surface area contributed by atoms with Crippen LogP contribution in [0.4, 0.5) is 0 Å². The van der Waals surface area contributed by atoms with E-state index in [9.17, 15) is 4.79 Å². The summed E-state index contributed by atoms with van der Waals surface area (Å²) >= 11 is 0. The third-order valence-electron chi connectivity index (χ3n) is 1.10. The number of allylic oxidation sites excluding steroid dienone is 1. The van der Waals surface area contributed by atoms with Crippen LogP contribution < -0.4 is 0 Å². The summed E-state index contributed by atoms with van der Waals surface area (Å²) in [6.07, 6.45) is 5.33. The van der Waals surface area contributed by atoms with E-state index in [4.69, 9.17) is 0 Å². The largest absolute Gasteiger partial charge is 0.458 e. The van der Waals surface area contributed by atoms with Crippen LogP contribution in [0.1, 0.15) is 6.92 Å². The van der Waals surface area contributed by atoms with Crippen LogP contribution in [0.5, 0.6) is 0 Å². The van der Waals surface area contributed by atoms with Gasteiger partial charge in [-0.25, -0.2) is 4.79 Å². The van der Waals surface area contributed by atoms with Crippen molar-refractivity contribution in [3.05, 3.63) is 23.8 Å². The normalized spacial score (nSPS) is 18.3. The molecule has 1 heterocycles. The molecule has 0 amide bonds. The maximum absolute atomic E-state index is 10.6. The molecule has 1 aliphatic heterocycles. The second kappa shape index (κ2) is 2.49. The van der Waals surface area contributed by atoms with Crippen LogP contribution in [0.3, 0.4) is 0 Å². The van der Waals surface area contributed by atoms with Gasteiger partial charge in [0.25, 0.3) is 0 Å². The number of hydrogen-bond donors (Lipinski definition) is 0. The fourth-order valence-electron chi connectivity index (χ4n) is 0.689. The van der Waals surface area contributed by atoms with Crippen LogP contribution >= 0.6 is 0 Å². The molecular formula is C7H8O2. The zero-order valence-corrected chi connectivity index (χ0v) is 5.26. The van der Waals surface area contributed by atoms with Crippen molar-refractivity contribution in [2.75, 3.05) is 6.61 Å². The Labute approximate surface area is 53.8 Å². The highest BCUT2D eigenvalue weighted by molar-refractivity contribution is 5.93. The van der Waals surface area contributed by atoms with Gasteiger partial charge >= 0.3 is 5.97 Å². The monoisotopic (exact) mass is 124 g/mol. The van der Waals surface area contributed by atoms with Gasteiger partial charge in [0.1, 0.15) is 6.61 Å². The minimum absolute atomic E-state index is 0.215. The van der Waals surface area contributed by atoms with Crippen molar-refractivity contribution in [3.63, 3.8) is 0 Å². The van der Waals surface area contributed by atoms with E-state index in [0.29, 0.717) is 12.2 Å². The summed E-state index contributed by atoms with van der Waals surface area (Å²) in [6, 6.07) is 0. The Kier molecular flexibility index (Phi) is 1.68. The molecule has 2 heteroatoms. The van der Waals surface area contributed by atoms with Gasteiger partial charge < -0.3 is 4.74 Å². The van der Waals surface area contributed by atoms with Crippen LogP contribution in [0.15, 0.2) is 23.8 Å². The number of esters is 1. The van der Waals surface area contributed by atoms with Crippen LogP contribution in [0, 0.1) is 0 Å². The molecule has 0 aliphatic carbocycles. The van der Waals surface area contributed by atoms with Crippen LogP contribution in [0.25, 0.3) is 0 Å². The van der Waals surface area contributed by atoms with E-state index in [-0.39, 0.29) is 5.97 Å². The van der Waals surface area contributed by atoms with Crippen molar-refractivity contribution in [2.45, 2.75) is 6.92 Å². The van der Waals surface area contributed by atoms with Crippen molar-refractivity contribution in [2.24, 2.45) is 0 Å². The Balaban J connectivity index is 2.68. The minimum Gasteiger partial charge on any atom is -0.458 e. The molecule has 0 aromatic rings. The maximum Gasteiger partial charge on any atom is 0.338 e. The number of ether oxygens (including phenoxy) is 1. The summed E-state index contributed by atoms with van der Waals surface area (Å²) in [5, 5.41) is 0. The summed E-state index contributed by atoms with van der Waals surface area (Å²) in [5.74, 6) is -0.215. The first kappa shape index (κ1) is 6.08. The standard InChI is InChI=1S/C7H8O2/c1-2-3-6-4-5-9-7(6)8/h2-4H,5H2,1H3. The maximum atomic E-state index is 10.6. The lowest BCUT2D eigenvalue weighted by molar-refractivity contribution is -0.135. The number of cyclic esters (lactones) is 1. The molecule has 1 rings (SSSR count). The summed E-state index contributed by atoms with van der Waals surface area (Å²) in [5.41, 5.74) is 0.664. The van der Waals surface area contributed by atoms with Gasteiger partial charge in [0, 0.05) is 0 Å². The van der Waals surface area contributed by atoms with E-state index in [2.05, 4.69) is 4.74 Å². The third-order valence-corrected chi connectivity index (χ3v) is 1.10. The predicted molar refractivity (Wildman–Crippen MR) is 33.9 cm³/mol. The molecule has 0 radical (unpaired) electrons. The Bertz CT molecular complexity index is 177. The highest BCUT2D eigenvalue weighted by atomic mass is 16.5. The number of carbonyl (C=O) groups excluding carboxylic acids is 1. The van der Waals surface area contributed by atoms with E-state index in [1.807, 2.05) is 13.0 Å². The lowest BCUT2D eigenvalue weighted by Crippen LogP contribution is -1.96. The number of hydrogen-bond acceptors (Lipinski definition) is 2. The van der Waals surface area contributed by atoms with Gasteiger partial charge in [-0.3, -0.25) is 0 Å². The predicted octanol–water partition coefficient (Wildman–Crippen LogP) is 1.05. The lowest BCUT2D eigenvalue weighted by Gasteiger charge is -1.87. The average Bonchev–Trinajstić information content (AvgIpc) is 2.18. The van der Waals surface area contributed by atoms with Gasteiger partial charge in [-0.05, 0) is 13.0 Å². The molecule has 0 unspecified atom stereocenters. The van der Waals surface area contributed by atoms with Gasteiger partial charge in [0.15, 0.2) is 0 Å². The molecule has 0 bridgehead atoms. The molecule has 0 N–H and O–H groups in total. The van der Waals surface area contributed by atoms with Gasteiger partial charge in [-0.2, -0.15) is 0 Å². The zero-order chi connectivity index (χ0) is 6.69. The van der Waals surface area contributed by atoms with E-state index in [0.717, 1.165) is 0 Å². The van der Waals surface area contributed by atoms with Crippen molar-refractivity contribution >= 4 is 5.97 Å². The smallest absolute Gasteiger partial charge is 0.338 e. The van der Waals surface area contributed by atoms with Crippen molar-refractivity contribution in [1.29, 1.82) is 0 Å². The first-order valence-electron chi connectivity index (χ1n) is 2.84. The van der Waals surface area contributed by atoms with Gasteiger partial charge in [0.2, 0.25) is 0 Å². The molecule has 0 fully saturated rings. The molecule has 0 spiro atoms. The Morgan fingerprint density at radius 2 is 2.56 bits per heavy atom. The average molecular weight is 124 g/mol. The highest BCUT2D eigenvalue weighted by Gasteiger charge is 2.11.